The molecule has 5 nitrogen and oxygen atoms in total. The van der Waals surface area contributed by atoms with Crippen LogP contribution in [0.1, 0.15) is 41.4 Å². The van der Waals surface area contributed by atoms with Gasteiger partial charge in [0.25, 0.3) is 0 Å². The number of thioether (sulfide) groups is 1. The second kappa shape index (κ2) is 9.08. The molecule has 0 aliphatic carbocycles. The first kappa shape index (κ1) is 20.2. The molecule has 3 aromatic rings. The van der Waals surface area contributed by atoms with E-state index in [0.29, 0.717) is 27.4 Å². The van der Waals surface area contributed by atoms with Crippen molar-refractivity contribution in [3.8, 4) is 0 Å². The number of hydrogen-bond donors (Lipinski definition) is 2. The highest BCUT2D eigenvalue weighted by molar-refractivity contribution is 7.98. The number of carbonyl (C=O) groups is 1. The van der Waals surface area contributed by atoms with Crippen LogP contribution in [-0.4, -0.2) is 21.0 Å². The Bertz CT molecular complexity index is 995. The van der Waals surface area contributed by atoms with Gasteiger partial charge in [-0.15, -0.1) is 0 Å². The van der Waals surface area contributed by atoms with E-state index in [1.54, 1.807) is 24.3 Å². The molecule has 0 aliphatic heterocycles. The monoisotopic (exact) mass is 413 g/mol. The number of halogens is 1. The lowest BCUT2D eigenvalue weighted by Gasteiger charge is -2.13. The Kier molecular flexibility index (Phi) is 6.54. The summed E-state index contributed by atoms with van der Waals surface area (Å²) >= 11 is 7.73. The number of carboxylic acid groups (broad SMARTS) is 1. The number of rotatable bonds is 7. The predicted molar refractivity (Wildman–Crippen MR) is 114 cm³/mol. The van der Waals surface area contributed by atoms with Crippen LogP contribution < -0.4 is 5.32 Å². The minimum absolute atomic E-state index is 0.192. The van der Waals surface area contributed by atoms with Gasteiger partial charge >= 0.3 is 5.97 Å². The minimum atomic E-state index is -0.991. The van der Waals surface area contributed by atoms with Crippen LogP contribution >= 0.6 is 23.4 Å². The zero-order valence-electron chi connectivity index (χ0n) is 15.5. The second-order valence-electron chi connectivity index (χ2n) is 6.47. The third kappa shape index (κ3) is 5.03. The van der Waals surface area contributed by atoms with E-state index in [9.17, 15) is 9.90 Å². The first-order valence-corrected chi connectivity index (χ1v) is 10.1. The standard InChI is InChI=1S/C21H20ClN3O2S/c1-13(2)18-11-19(23-17-10-6-4-8-15(17)20(26)27)25-21(24-18)28-12-14-7-3-5-9-16(14)22/h3-11,13H,12H2,1-2H3,(H,26,27)(H,23,24,25). The van der Waals surface area contributed by atoms with Gasteiger partial charge in [0.15, 0.2) is 5.16 Å². The Morgan fingerprint density at radius 3 is 2.57 bits per heavy atom. The van der Waals surface area contributed by atoms with Crippen LogP contribution in [0.25, 0.3) is 0 Å². The van der Waals surface area contributed by atoms with Crippen LogP contribution in [0.5, 0.6) is 0 Å². The third-order valence-corrected chi connectivity index (χ3v) is 5.32. The molecule has 1 heterocycles. The molecule has 2 aromatic carbocycles. The van der Waals surface area contributed by atoms with E-state index in [4.69, 9.17) is 11.6 Å². The molecule has 0 aliphatic rings. The largest absolute Gasteiger partial charge is 0.478 e. The molecule has 3 rings (SSSR count). The van der Waals surface area contributed by atoms with Gasteiger partial charge in [-0.3, -0.25) is 0 Å². The van der Waals surface area contributed by atoms with Crippen LogP contribution in [0.4, 0.5) is 11.5 Å². The zero-order valence-corrected chi connectivity index (χ0v) is 17.1. The van der Waals surface area contributed by atoms with Crippen molar-refractivity contribution in [1.29, 1.82) is 0 Å². The maximum Gasteiger partial charge on any atom is 0.337 e. The number of aromatic nitrogens is 2. The molecule has 2 N–H and O–H groups in total. The highest BCUT2D eigenvalue weighted by atomic mass is 35.5. The van der Waals surface area contributed by atoms with Crippen LogP contribution in [0.2, 0.25) is 5.02 Å². The van der Waals surface area contributed by atoms with Crippen LogP contribution in [0, 0.1) is 0 Å². The molecule has 144 valence electrons. The summed E-state index contributed by atoms with van der Waals surface area (Å²) in [5.41, 5.74) is 2.58. The van der Waals surface area contributed by atoms with Gasteiger partial charge in [-0.2, -0.15) is 0 Å². The van der Waals surface area contributed by atoms with Gasteiger partial charge in [0.2, 0.25) is 0 Å². The highest BCUT2D eigenvalue weighted by Gasteiger charge is 2.13. The quantitative estimate of drug-likeness (QED) is 0.366. The van der Waals surface area contributed by atoms with Crippen molar-refractivity contribution in [2.24, 2.45) is 0 Å². The lowest BCUT2D eigenvalue weighted by atomic mass is 10.1. The van der Waals surface area contributed by atoms with Gasteiger partial charge in [-0.05, 0) is 29.7 Å². The van der Waals surface area contributed by atoms with E-state index in [2.05, 4.69) is 29.1 Å². The summed E-state index contributed by atoms with van der Waals surface area (Å²) in [7, 11) is 0. The molecule has 7 heteroatoms. The maximum absolute atomic E-state index is 11.5. The van der Waals surface area contributed by atoms with E-state index < -0.39 is 5.97 Å². The molecule has 0 fully saturated rings. The Labute approximate surface area is 173 Å². The number of aromatic carboxylic acids is 1. The molecule has 0 spiro atoms. The van der Waals surface area contributed by atoms with Crippen molar-refractivity contribution < 1.29 is 9.90 Å². The topological polar surface area (TPSA) is 75.1 Å². The molecule has 0 bridgehead atoms. The molecule has 0 saturated heterocycles. The number of benzene rings is 2. The summed E-state index contributed by atoms with van der Waals surface area (Å²) < 4.78 is 0. The van der Waals surface area contributed by atoms with Crippen molar-refractivity contribution in [2.75, 3.05) is 5.32 Å². The Morgan fingerprint density at radius 1 is 1.14 bits per heavy atom. The van der Waals surface area contributed by atoms with Crippen molar-refractivity contribution in [2.45, 2.75) is 30.7 Å². The van der Waals surface area contributed by atoms with Crippen LogP contribution in [0.15, 0.2) is 59.8 Å². The third-order valence-electron chi connectivity index (χ3n) is 4.05. The summed E-state index contributed by atoms with van der Waals surface area (Å²) in [6.07, 6.45) is 0. The van der Waals surface area contributed by atoms with E-state index in [0.717, 1.165) is 11.3 Å². The summed E-state index contributed by atoms with van der Waals surface area (Å²) in [4.78, 5) is 20.6. The SMILES string of the molecule is CC(C)c1cc(Nc2ccccc2C(=O)O)nc(SCc2ccccc2Cl)n1. The van der Waals surface area contributed by atoms with Gasteiger partial charge in [0, 0.05) is 22.5 Å². The average molecular weight is 414 g/mol. The first-order valence-electron chi connectivity index (χ1n) is 8.78. The normalized spacial score (nSPS) is 10.9. The lowest BCUT2D eigenvalue weighted by molar-refractivity contribution is 0.0698. The Hall–Kier alpha value is -2.57. The molecule has 28 heavy (non-hydrogen) atoms. The molecule has 0 unspecified atom stereocenters. The van der Waals surface area contributed by atoms with Crippen LogP contribution in [0.3, 0.4) is 0 Å². The van der Waals surface area contributed by atoms with E-state index >= 15 is 0 Å². The van der Waals surface area contributed by atoms with Gasteiger partial charge in [-0.25, -0.2) is 14.8 Å². The first-order chi connectivity index (χ1) is 13.4. The van der Waals surface area contributed by atoms with E-state index in [1.807, 2.05) is 30.3 Å². The van der Waals surface area contributed by atoms with Gasteiger partial charge in [0.1, 0.15) is 5.82 Å². The fourth-order valence-electron chi connectivity index (χ4n) is 2.54. The number of nitrogens with zero attached hydrogens (tertiary/aromatic N) is 2. The van der Waals surface area contributed by atoms with E-state index in [-0.39, 0.29) is 11.5 Å². The Morgan fingerprint density at radius 2 is 1.86 bits per heavy atom. The second-order valence-corrected chi connectivity index (χ2v) is 7.82. The number of carboxylic acids is 1. The van der Waals surface area contributed by atoms with Gasteiger partial charge < -0.3 is 10.4 Å². The summed E-state index contributed by atoms with van der Waals surface area (Å²) in [5, 5.41) is 13.8. The summed E-state index contributed by atoms with van der Waals surface area (Å²) in [5.74, 6) is 0.424. The molecular weight excluding hydrogens is 394 g/mol. The fraction of sp³-hybridized carbons (Fsp3) is 0.190. The average Bonchev–Trinajstić information content (AvgIpc) is 2.67. The minimum Gasteiger partial charge on any atom is -0.478 e. The summed E-state index contributed by atoms with van der Waals surface area (Å²) in [6.45, 7) is 4.11. The molecule has 0 atom stereocenters. The smallest absolute Gasteiger partial charge is 0.337 e. The number of anilines is 2. The predicted octanol–water partition coefficient (Wildman–Crippen LogP) is 5.99. The molecule has 0 radical (unpaired) electrons. The zero-order chi connectivity index (χ0) is 20.1. The van der Waals surface area contributed by atoms with Crippen molar-refractivity contribution in [3.05, 3.63) is 76.4 Å². The molecule has 0 saturated carbocycles. The van der Waals surface area contributed by atoms with Gasteiger partial charge in [-0.1, -0.05) is 67.5 Å². The van der Waals surface area contributed by atoms with Crippen molar-refractivity contribution >= 4 is 40.8 Å². The molecule has 1 aromatic heterocycles. The van der Waals surface area contributed by atoms with E-state index in [1.165, 1.54) is 11.8 Å². The Balaban J connectivity index is 1.88. The van der Waals surface area contributed by atoms with Crippen molar-refractivity contribution in [3.63, 3.8) is 0 Å². The number of para-hydroxylation sites is 1. The number of hydrogen-bond acceptors (Lipinski definition) is 5. The van der Waals surface area contributed by atoms with Gasteiger partial charge in [0.05, 0.1) is 11.3 Å². The van der Waals surface area contributed by atoms with Crippen LogP contribution in [-0.2, 0) is 5.75 Å². The number of nitrogens with one attached hydrogen (secondary N) is 1. The molecular formula is C21H20ClN3O2S. The highest BCUT2D eigenvalue weighted by Crippen LogP contribution is 2.28. The fourth-order valence-corrected chi connectivity index (χ4v) is 3.69. The maximum atomic E-state index is 11.5. The molecule has 0 amide bonds. The summed E-state index contributed by atoms with van der Waals surface area (Å²) in [6, 6.07) is 16.3. The van der Waals surface area contributed by atoms with Crippen molar-refractivity contribution in [1.82, 2.24) is 9.97 Å². The lowest BCUT2D eigenvalue weighted by Crippen LogP contribution is -2.06.